The molecule has 1 N–H and O–H groups in total. The monoisotopic (exact) mass is 359 g/mol. The second-order valence-electron chi connectivity index (χ2n) is 8.22. The van der Waals surface area contributed by atoms with Crippen molar-refractivity contribution in [2.45, 2.75) is 69.2 Å². The van der Waals surface area contributed by atoms with Gasteiger partial charge in [-0.25, -0.2) is 4.79 Å². The van der Waals surface area contributed by atoms with Gasteiger partial charge in [-0.05, 0) is 56.4 Å². The van der Waals surface area contributed by atoms with Crippen molar-refractivity contribution in [3.63, 3.8) is 0 Å². The first-order valence-corrected chi connectivity index (χ1v) is 9.92. The number of rotatable bonds is 4. The van der Waals surface area contributed by atoms with Crippen LogP contribution in [-0.4, -0.2) is 47.0 Å². The van der Waals surface area contributed by atoms with E-state index in [2.05, 4.69) is 0 Å². The molecular weight excluding hydrogens is 330 g/mol. The fraction of sp³-hybridized carbons (Fsp3) is 0.667. The number of benzene rings is 1. The van der Waals surface area contributed by atoms with Gasteiger partial charge in [0, 0.05) is 25.3 Å². The molecule has 1 aromatic rings. The van der Waals surface area contributed by atoms with E-state index in [1.807, 2.05) is 35.2 Å². The largest absolute Gasteiger partial charge is 0.445 e. The zero-order chi connectivity index (χ0) is 18.0. The lowest BCUT2D eigenvalue weighted by atomic mass is 9.77. The number of carbonyl (C=O) groups is 1. The highest BCUT2D eigenvalue weighted by molar-refractivity contribution is 5.69. The molecule has 3 aliphatic heterocycles. The predicted octanol–water partition coefficient (Wildman–Crippen LogP) is 3.50. The topological polar surface area (TPSA) is 59.0 Å². The van der Waals surface area contributed by atoms with E-state index in [0.717, 1.165) is 50.9 Å². The van der Waals surface area contributed by atoms with Crippen molar-refractivity contribution in [1.82, 2.24) is 4.90 Å². The molecule has 1 amide bonds. The molecule has 4 rings (SSSR count). The minimum Gasteiger partial charge on any atom is -0.445 e. The second-order valence-corrected chi connectivity index (χ2v) is 8.22. The molecule has 2 bridgehead atoms. The summed E-state index contributed by atoms with van der Waals surface area (Å²) in [6, 6.07) is 10.0. The molecule has 3 aliphatic rings. The van der Waals surface area contributed by atoms with E-state index in [4.69, 9.17) is 9.47 Å². The Kier molecular flexibility index (Phi) is 5.18. The number of aliphatic hydroxyl groups is 1. The quantitative estimate of drug-likeness (QED) is 0.894. The Balaban J connectivity index is 1.34. The van der Waals surface area contributed by atoms with Gasteiger partial charge < -0.3 is 19.5 Å². The lowest BCUT2D eigenvalue weighted by Gasteiger charge is -2.44. The van der Waals surface area contributed by atoms with Gasteiger partial charge in [-0.1, -0.05) is 30.3 Å². The zero-order valence-corrected chi connectivity index (χ0v) is 15.3. The van der Waals surface area contributed by atoms with E-state index in [1.165, 1.54) is 0 Å². The van der Waals surface area contributed by atoms with Crippen LogP contribution in [0.1, 0.15) is 50.5 Å². The van der Waals surface area contributed by atoms with Gasteiger partial charge in [0.1, 0.15) is 6.61 Å². The zero-order valence-electron chi connectivity index (χ0n) is 15.3. The Morgan fingerprint density at radius 2 is 1.77 bits per heavy atom. The van der Waals surface area contributed by atoms with Crippen LogP contribution in [-0.2, 0) is 16.1 Å². The molecule has 142 valence electrons. The van der Waals surface area contributed by atoms with Crippen LogP contribution in [0, 0.1) is 5.92 Å². The highest BCUT2D eigenvalue weighted by atomic mass is 16.6. The van der Waals surface area contributed by atoms with Gasteiger partial charge in [0.25, 0.3) is 0 Å². The van der Waals surface area contributed by atoms with Crippen molar-refractivity contribution < 1.29 is 19.4 Å². The summed E-state index contributed by atoms with van der Waals surface area (Å²) in [6.45, 7) is 1.93. The number of hydrogen-bond donors (Lipinski definition) is 1. The van der Waals surface area contributed by atoms with Crippen molar-refractivity contribution in [3.8, 4) is 0 Å². The van der Waals surface area contributed by atoms with Gasteiger partial charge in [0.2, 0.25) is 0 Å². The van der Waals surface area contributed by atoms with Crippen molar-refractivity contribution in [2.24, 2.45) is 5.92 Å². The molecule has 3 fully saturated rings. The number of piperidine rings is 1. The van der Waals surface area contributed by atoms with Gasteiger partial charge >= 0.3 is 6.09 Å². The number of fused-ring (bicyclic) bond motifs is 2. The highest BCUT2D eigenvalue weighted by Crippen LogP contribution is 2.44. The molecule has 2 atom stereocenters. The summed E-state index contributed by atoms with van der Waals surface area (Å²) in [7, 11) is 0. The summed E-state index contributed by atoms with van der Waals surface area (Å²) in [5.41, 5.74) is 0.366. The molecule has 0 aliphatic carbocycles. The summed E-state index contributed by atoms with van der Waals surface area (Å²) in [5, 5.41) is 11.2. The average Bonchev–Trinajstić information content (AvgIpc) is 2.94. The van der Waals surface area contributed by atoms with Crippen LogP contribution in [0.4, 0.5) is 4.79 Å². The lowest BCUT2D eigenvalue weighted by molar-refractivity contribution is -0.0720. The third kappa shape index (κ3) is 3.89. The van der Waals surface area contributed by atoms with Crippen LogP contribution >= 0.6 is 0 Å². The molecule has 1 aromatic carbocycles. The molecule has 3 heterocycles. The molecule has 0 radical (unpaired) electrons. The summed E-state index contributed by atoms with van der Waals surface area (Å²) in [6.07, 6.45) is 6.01. The molecule has 0 aromatic heterocycles. The maximum atomic E-state index is 12.6. The Bertz CT molecular complexity index is 600. The minimum absolute atomic E-state index is 0.113. The van der Waals surface area contributed by atoms with Crippen LogP contribution in [0.15, 0.2) is 30.3 Å². The molecule has 2 unspecified atom stereocenters. The minimum atomic E-state index is -0.635. The van der Waals surface area contributed by atoms with Crippen LogP contribution in [0.3, 0.4) is 0 Å². The number of ether oxygens (including phenoxy) is 2. The third-order valence-corrected chi connectivity index (χ3v) is 6.28. The fourth-order valence-corrected chi connectivity index (χ4v) is 5.07. The molecule has 5 nitrogen and oxygen atoms in total. The summed E-state index contributed by atoms with van der Waals surface area (Å²) in [4.78, 5) is 14.5. The summed E-state index contributed by atoms with van der Waals surface area (Å²) >= 11 is 0. The van der Waals surface area contributed by atoms with Crippen LogP contribution in [0.5, 0.6) is 0 Å². The Labute approximate surface area is 155 Å². The van der Waals surface area contributed by atoms with E-state index in [9.17, 15) is 9.90 Å². The fourth-order valence-electron chi connectivity index (χ4n) is 5.07. The van der Waals surface area contributed by atoms with E-state index < -0.39 is 5.60 Å². The van der Waals surface area contributed by atoms with Gasteiger partial charge in [-0.15, -0.1) is 0 Å². The molecule has 3 saturated heterocycles. The predicted molar refractivity (Wildman–Crippen MR) is 97.6 cm³/mol. The van der Waals surface area contributed by atoms with Gasteiger partial charge in [0.15, 0.2) is 0 Å². The first-order valence-electron chi connectivity index (χ1n) is 9.92. The number of hydrogen-bond acceptors (Lipinski definition) is 4. The lowest BCUT2D eigenvalue weighted by Crippen LogP contribution is -2.54. The Hall–Kier alpha value is -1.59. The maximum Gasteiger partial charge on any atom is 0.410 e. The summed E-state index contributed by atoms with van der Waals surface area (Å²) in [5.74, 6) is 0.546. The second kappa shape index (κ2) is 7.57. The first-order chi connectivity index (χ1) is 12.6. The molecule has 5 heteroatoms. The number of carbonyl (C=O) groups excluding carboxylic acids is 1. The Morgan fingerprint density at radius 1 is 1.12 bits per heavy atom. The van der Waals surface area contributed by atoms with Gasteiger partial charge in [-0.2, -0.15) is 0 Å². The normalized spacial score (nSPS) is 31.8. The van der Waals surface area contributed by atoms with Gasteiger partial charge in [-0.3, -0.25) is 0 Å². The number of nitrogens with zero attached hydrogens (tertiary/aromatic N) is 1. The first kappa shape index (κ1) is 17.8. The third-order valence-electron chi connectivity index (χ3n) is 6.28. The van der Waals surface area contributed by atoms with Crippen molar-refractivity contribution in [3.05, 3.63) is 35.9 Å². The van der Waals surface area contributed by atoms with Gasteiger partial charge in [0.05, 0.1) is 5.60 Å². The van der Waals surface area contributed by atoms with Crippen LogP contribution in [0.2, 0.25) is 0 Å². The molecule has 0 spiro atoms. The standard InChI is InChI=1S/C21H29NO4/c23-20(26-15-17-4-2-1-3-5-17)22-18-6-7-19(22)14-21(24,13-18)12-16-8-10-25-11-9-16/h1-5,16,18-19,24H,6-15H2. The van der Waals surface area contributed by atoms with Crippen molar-refractivity contribution in [1.29, 1.82) is 0 Å². The Morgan fingerprint density at radius 3 is 2.42 bits per heavy atom. The molecular formula is C21H29NO4. The van der Waals surface area contributed by atoms with E-state index in [0.29, 0.717) is 25.4 Å². The van der Waals surface area contributed by atoms with Crippen LogP contribution < -0.4 is 0 Å². The summed E-state index contributed by atoms with van der Waals surface area (Å²) < 4.78 is 11.0. The molecule has 26 heavy (non-hydrogen) atoms. The smallest absolute Gasteiger partial charge is 0.410 e. The number of amides is 1. The van der Waals surface area contributed by atoms with E-state index >= 15 is 0 Å². The average molecular weight is 359 g/mol. The maximum absolute atomic E-state index is 12.6. The van der Waals surface area contributed by atoms with Crippen LogP contribution in [0.25, 0.3) is 0 Å². The van der Waals surface area contributed by atoms with Crippen molar-refractivity contribution >= 4 is 6.09 Å². The van der Waals surface area contributed by atoms with Crippen molar-refractivity contribution in [2.75, 3.05) is 13.2 Å². The SMILES string of the molecule is O=C(OCc1ccccc1)N1C2CCC1CC(O)(CC1CCOCC1)C2. The highest BCUT2D eigenvalue weighted by Gasteiger charge is 2.50. The molecule has 0 saturated carbocycles. The van der Waals surface area contributed by atoms with E-state index in [1.54, 1.807) is 0 Å². The van der Waals surface area contributed by atoms with E-state index in [-0.39, 0.29) is 18.2 Å².